The molecule has 2 N–H and O–H groups in total. The summed E-state index contributed by atoms with van der Waals surface area (Å²) in [4.78, 5) is 4.37. The van der Waals surface area contributed by atoms with Crippen LogP contribution in [0.2, 0.25) is 0 Å². The molecule has 2 rings (SSSR count). The molecule has 0 aromatic carbocycles. The Kier molecular flexibility index (Phi) is 3.84. The molecular weight excluding hydrogens is 216 g/mol. The van der Waals surface area contributed by atoms with Crippen LogP contribution in [0.4, 0.5) is 5.82 Å². The van der Waals surface area contributed by atoms with Gasteiger partial charge >= 0.3 is 0 Å². The van der Waals surface area contributed by atoms with E-state index in [1.165, 1.54) is 12.8 Å². The fraction of sp³-hybridized carbons (Fsp3) is 0.615. The van der Waals surface area contributed by atoms with E-state index in [-0.39, 0.29) is 12.1 Å². The van der Waals surface area contributed by atoms with Crippen LogP contribution in [-0.2, 0) is 0 Å². The van der Waals surface area contributed by atoms with Gasteiger partial charge in [-0.05, 0) is 25.8 Å². The average molecular weight is 236 g/mol. The molecule has 4 heteroatoms. The summed E-state index contributed by atoms with van der Waals surface area (Å²) in [6.45, 7) is 2.71. The standard InChI is InChI=1S/C13H20N2O2/c1-2-17-12-7-5-6-11(14-12)15-13(10-16)8-3-4-9-13/h5-7,16H,2-4,8-10H2,1H3,(H,14,15). The molecule has 1 aromatic heterocycles. The Balaban J connectivity index is 2.09. The predicted molar refractivity (Wildman–Crippen MR) is 67.3 cm³/mol. The maximum Gasteiger partial charge on any atom is 0.215 e. The Bertz CT molecular complexity index is 362. The Morgan fingerprint density at radius 3 is 2.82 bits per heavy atom. The van der Waals surface area contributed by atoms with E-state index >= 15 is 0 Å². The highest BCUT2D eigenvalue weighted by atomic mass is 16.5. The monoisotopic (exact) mass is 236 g/mol. The molecule has 1 heterocycles. The van der Waals surface area contributed by atoms with Crippen molar-refractivity contribution in [3.05, 3.63) is 18.2 Å². The van der Waals surface area contributed by atoms with E-state index in [1.54, 1.807) is 0 Å². The van der Waals surface area contributed by atoms with E-state index < -0.39 is 0 Å². The molecule has 1 aliphatic rings. The van der Waals surface area contributed by atoms with Crippen molar-refractivity contribution in [2.45, 2.75) is 38.1 Å². The van der Waals surface area contributed by atoms with Crippen LogP contribution in [0.3, 0.4) is 0 Å². The van der Waals surface area contributed by atoms with Crippen molar-refractivity contribution in [1.29, 1.82) is 0 Å². The predicted octanol–water partition coefficient (Wildman–Crippen LogP) is 2.20. The number of nitrogens with zero attached hydrogens (tertiary/aromatic N) is 1. The minimum Gasteiger partial charge on any atom is -0.478 e. The summed E-state index contributed by atoms with van der Waals surface area (Å²) in [5.41, 5.74) is -0.183. The van der Waals surface area contributed by atoms with Crippen LogP contribution in [0.15, 0.2) is 18.2 Å². The normalized spacial score (nSPS) is 18.0. The number of rotatable bonds is 5. The number of pyridine rings is 1. The number of aliphatic hydroxyl groups is 1. The van der Waals surface area contributed by atoms with Gasteiger partial charge in [-0.2, -0.15) is 4.98 Å². The van der Waals surface area contributed by atoms with Gasteiger partial charge in [0.1, 0.15) is 5.82 Å². The smallest absolute Gasteiger partial charge is 0.215 e. The lowest BCUT2D eigenvalue weighted by molar-refractivity contribution is 0.213. The van der Waals surface area contributed by atoms with E-state index in [4.69, 9.17) is 4.74 Å². The molecule has 0 spiro atoms. The van der Waals surface area contributed by atoms with Gasteiger partial charge in [-0.1, -0.05) is 18.9 Å². The molecule has 1 fully saturated rings. The third-order valence-corrected chi connectivity index (χ3v) is 3.27. The number of hydrogen-bond acceptors (Lipinski definition) is 4. The molecule has 94 valence electrons. The van der Waals surface area contributed by atoms with Gasteiger partial charge in [0.05, 0.1) is 18.8 Å². The van der Waals surface area contributed by atoms with Crippen molar-refractivity contribution in [1.82, 2.24) is 4.98 Å². The number of hydrogen-bond donors (Lipinski definition) is 2. The lowest BCUT2D eigenvalue weighted by atomic mass is 9.99. The van der Waals surface area contributed by atoms with Gasteiger partial charge in [0.15, 0.2) is 0 Å². The molecule has 4 nitrogen and oxygen atoms in total. The second-order valence-electron chi connectivity index (χ2n) is 4.56. The van der Waals surface area contributed by atoms with Gasteiger partial charge in [-0.15, -0.1) is 0 Å². The topological polar surface area (TPSA) is 54.4 Å². The van der Waals surface area contributed by atoms with Crippen LogP contribution in [0.1, 0.15) is 32.6 Å². The number of ether oxygens (including phenoxy) is 1. The van der Waals surface area contributed by atoms with Crippen LogP contribution >= 0.6 is 0 Å². The van der Waals surface area contributed by atoms with Gasteiger partial charge in [0.25, 0.3) is 0 Å². The molecule has 0 unspecified atom stereocenters. The quantitative estimate of drug-likeness (QED) is 0.823. The Labute approximate surface area is 102 Å². The summed E-state index contributed by atoms with van der Waals surface area (Å²) < 4.78 is 5.36. The van der Waals surface area contributed by atoms with Gasteiger partial charge in [-0.25, -0.2) is 0 Å². The zero-order valence-electron chi connectivity index (χ0n) is 10.3. The van der Waals surface area contributed by atoms with Crippen LogP contribution in [-0.4, -0.2) is 28.8 Å². The largest absolute Gasteiger partial charge is 0.478 e. The van der Waals surface area contributed by atoms with E-state index in [0.717, 1.165) is 18.7 Å². The minimum atomic E-state index is -0.183. The van der Waals surface area contributed by atoms with Crippen LogP contribution in [0, 0.1) is 0 Å². The van der Waals surface area contributed by atoms with Crippen molar-refractivity contribution in [3.8, 4) is 5.88 Å². The summed E-state index contributed by atoms with van der Waals surface area (Å²) in [5, 5.41) is 12.9. The highest BCUT2D eigenvalue weighted by Crippen LogP contribution is 2.32. The molecule has 0 amide bonds. The van der Waals surface area contributed by atoms with Crippen molar-refractivity contribution < 1.29 is 9.84 Å². The average Bonchev–Trinajstić information content (AvgIpc) is 2.79. The number of aliphatic hydroxyl groups excluding tert-OH is 1. The zero-order chi connectivity index (χ0) is 12.1. The number of aromatic nitrogens is 1. The molecule has 1 aliphatic carbocycles. The van der Waals surface area contributed by atoms with E-state index in [2.05, 4.69) is 10.3 Å². The first-order chi connectivity index (χ1) is 8.28. The van der Waals surface area contributed by atoms with Crippen LogP contribution < -0.4 is 10.1 Å². The Morgan fingerprint density at radius 2 is 2.18 bits per heavy atom. The summed E-state index contributed by atoms with van der Waals surface area (Å²) in [5.74, 6) is 1.41. The third kappa shape index (κ3) is 2.88. The SMILES string of the molecule is CCOc1cccc(NC2(CO)CCCC2)n1. The molecular formula is C13H20N2O2. The molecule has 0 aliphatic heterocycles. The highest BCUT2D eigenvalue weighted by Gasteiger charge is 2.33. The van der Waals surface area contributed by atoms with Crippen LogP contribution in [0.5, 0.6) is 5.88 Å². The highest BCUT2D eigenvalue weighted by molar-refractivity contribution is 5.40. The zero-order valence-corrected chi connectivity index (χ0v) is 10.3. The fourth-order valence-corrected chi connectivity index (χ4v) is 2.36. The van der Waals surface area contributed by atoms with Gasteiger partial charge in [-0.3, -0.25) is 0 Å². The van der Waals surface area contributed by atoms with Crippen molar-refractivity contribution >= 4 is 5.82 Å². The second kappa shape index (κ2) is 5.36. The first-order valence-corrected chi connectivity index (χ1v) is 6.27. The summed E-state index contributed by atoms with van der Waals surface area (Å²) in [7, 11) is 0. The van der Waals surface area contributed by atoms with Gasteiger partial charge in [0.2, 0.25) is 5.88 Å². The van der Waals surface area contributed by atoms with Crippen molar-refractivity contribution in [3.63, 3.8) is 0 Å². The first kappa shape index (κ1) is 12.2. The van der Waals surface area contributed by atoms with Gasteiger partial charge < -0.3 is 15.2 Å². The fourth-order valence-electron chi connectivity index (χ4n) is 2.36. The van der Waals surface area contributed by atoms with E-state index in [0.29, 0.717) is 12.5 Å². The van der Waals surface area contributed by atoms with Gasteiger partial charge in [0, 0.05) is 6.07 Å². The van der Waals surface area contributed by atoms with Crippen LogP contribution in [0.25, 0.3) is 0 Å². The first-order valence-electron chi connectivity index (χ1n) is 6.27. The Morgan fingerprint density at radius 1 is 1.41 bits per heavy atom. The minimum absolute atomic E-state index is 0.160. The summed E-state index contributed by atoms with van der Waals surface area (Å²) >= 11 is 0. The lowest BCUT2D eigenvalue weighted by Crippen LogP contribution is -2.39. The van der Waals surface area contributed by atoms with Crippen molar-refractivity contribution in [2.75, 3.05) is 18.5 Å². The molecule has 0 radical (unpaired) electrons. The summed E-state index contributed by atoms with van der Waals surface area (Å²) in [6, 6.07) is 5.67. The third-order valence-electron chi connectivity index (χ3n) is 3.27. The van der Waals surface area contributed by atoms with E-state index in [9.17, 15) is 5.11 Å². The Hall–Kier alpha value is -1.29. The maximum absolute atomic E-state index is 9.53. The number of nitrogens with one attached hydrogen (secondary N) is 1. The molecule has 1 aromatic rings. The lowest BCUT2D eigenvalue weighted by Gasteiger charge is -2.28. The molecule has 1 saturated carbocycles. The maximum atomic E-state index is 9.53. The molecule has 0 saturated heterocycles. The molecule has 17 heavy (non-hydrogen) atoms. The van der Waals surface area contributed by atoms with Crippen molar-refractivity contribution in [2.24, 2.45) is 0 Å². The molecule has 0 atom stereocenters. The molecule has 0 bridgehead atoms. The number of anilines is 1. The second-order valence-corrected chi connectivity index (χ2v) is 4.56. The van der Waals surface area contributed by atoms with E-state index in [1.807, 2.05) is 25.1 Å². The summed E-state index contributed by atoms with van der Waals surface area (Å²) in [6.07, 6.45) is 4.34.